The Hall–Kier alpha value is -0.120. The van der Waals surface area contributed by atoms with E-state index < -0.39 is 0 Å². The van der Waals surface area contributed by atoms with Gasteiger partial charge in [-0.15, -0.1) is 0 Å². The molecule has 0 aliphatic heterocycles. The van der Waals surface area contributed by atoms with E-state index in [-0.39, 0.29) is 0 Å². The first-order valence-corrected chi connectivity index (χ1v) is 5.68. The number of hydrogen-bond donors (Lipinski definition) is 1. The van der Waals surface area contributed by atoms with Gasteiger partial charge in [-0.2, -0.15) is 0 Å². The lowest BCUT2D eigenvalue weighted by atomic mass is 10.2. The fourth-order valence-electron chi connectivity index (χ4n) is 1.63. The summed E-state index contributed by atoms with van der Waals surface area (Å²) in [4.78, 5) is 2.57. The third kappa shape index (κ3) is 4.40. The van der Waals surface area contributed by atoms with Crippen molar-refractivity contribution in [3.05, 3.63) is 0 Å². The standard InChI is InChI=1S/C11H24N2O/c1-10(12-2)6-7-13(8-9-14-3)11-4-5-11/h10-12H,4-9H2,1-3H3. The summed E-state index contributed by atoms with van der Waals surface area (Å²) in [7, 11) is 3.81. The highest BCUT2D eigenvalue weighted by Gasteiger charge is 2.28. The van der Waals surface area contributed by atoms with Gasteiger partial charge in [0.05, 0.1) is 6.61 Å². The molecule has 0 amide bonds. The first-order valence-electron chi connectivity index (χ1n) is 5.68. The Morgan fingerprint density at radius 1 is 1.43 bits per heavy atom. The molecule has 1 saturated carbocycles. The second-order valence-electron chi connectivity index (χ2n) is 4.24. The van der Waals surface area contributed by atoms with E-state index in [0.717, 1.165) is 19.2 Å². The van der Waals surface area contributed by atoms with Crippen molar-refractivity contribution in [1.82, 2.24) is 10.2 Å². The van der Waals surface area contributed by atoms with Crippen molar-refractivity contribution in [3.8, 4) is 0 Å². The Morgan fingerprint density at radius 3 is 2.64 bits per heavy atom. The lowest BCUT2D eigenvalue weighted by Crippen LogP contribution is -2.34. The van der Waals surface area contributed by atoms with E-state index in [0.29, 0.717) is 6.04 Å². The van der Waals surface area contributed by atoms with Gasteiger partial charge < -0.3 is 10.1 Å². The summed E-state index contributed by atoms with van der Waals surface area (Å²) in [5.41, 5.74) is 0. The fraction of sp³-hybridized carbons (Fsp3) is 1.00. The van der Waals surface area contributed by atoms with E-state index in [1.54, 1.807) is 7.11 Å². The van der Waals surface area contributed by atoms with E-state index in [9.17, 15) is 0 Å². The zero-order chi connectivity index (χ0) is 10.4. The van der Waals surface area contributed by atoms with Gasteiger partial charge in [-0.25, -0.2) is 0 Å². The maximum absolute atomic E-state index is 5.13. The maximum atomic E-state index is 5.13. The van der Waals surface area contributed by atoms with Gasteiger partial charge in [0.2, 0.25) is 0 Å². The predicted octanol–water partition coefficient (Wildman–Crippen LogP) is 1.10. The van der Waals surface area contributed by atoms with Crippen LogP contribution in [0.25, 0.3) is 0 Å². The Balaban J connectivity index is 2.14. The summed E-state index contributed by atoms with van der Waals surface area (Å²) in [6, 6.07) is 1.48. The van der Waals surface area contributed by atoms with Gasteiger partial charge in [-0.3, -0.25) is 4.90 Å². The summed E-state index contributed by atoms with van der Waals surface area (Å²) in [5, 5.41) is 3.28. The maximum Gasteiger partial charge on any atom is 0.0589 e. The molecule has 1 fully saturated rings. The Labute approximate surface area is 87.8 Å². The minimum atomic E-state index is 0.624. The average Bonchev–Trinajstić information content (AvgIpc) is 3.01. The minimum absolute atomic E-state index is 0.624. The van der Waals surface area contributed by atoms with Crippen molar-refractivity contribution in [2.24, 2.45) is 0 Å². The van der Waals surface area contributed by atoms with Gasteiger partial charge in [0.25, 0.3) is 0 Å². The molecule has 0 aromatic heterocycles. The lowest BCUT2D eigenvalue weighted by molar-refractivity contribution is 0.141. The van der Waals surface area contributed by atoms with Crippen LogP contribution in [0.4, 0.5) is 0 Å². The quantitative estimate of drug-likeness (QED) is 0.635. The van der Waals surface area contributed by atoms with E-state index >= 15 is 0 Å². The average molecular weight is 200 g/mol. The second-order valence-corrected chi connectivity index (χ2v) is 4.24. The van der Waals surface area contributed by atoms with Crippen molar-refractivity contribution in [3.63, 3.8) is 0 Å². The lowest BCUT2D eigenvalue weighted by Gasteiger charge is -2.23. The Bertz CT molecular complexity index is 148. The van der Waals surface area contributed by atoms with Gasteiger partial charge in [0, 0.05) is 25.7 Å². The Morgan fingerprint density at radius 2 is 2.14 bits per heavy atom. The van der Waals surface area contributed by atoms with Gasteiger partial charge in [-0.05, 0) is 39.8 Å². The first kappa shape index (κ1) is 12.0. The number of nitrogens with zero attached hydrogens (tertiary/aromatic N) is 1. The molecule has 1 unspecified atom stereocenters. The molecule has 0 aromatic carbocycles. The SMILES string of the molecule is CNC(C)CCN(CCOC)C1CC1. The fourth-order valence-corrected chi connectivity index (χ4v) is 1.63. The van der Waals surface area contributed by atoms with Crippen LogP contribution in [0.2, 0.25) is 0 Å². The number of ether oxygens (including phenoxy) is 1. The molecule has 14 heavy (non-hydrogen) atoms. The number of hydrogen-bond acceptors (Lipinski definition) is 3. The van der Waals surface area contributed by atoms with E-state index in [2.05, 4.69) is 17.1 Å². The molecule has 1 N–H and O–H groups in total. The minimum Gasteiger partial charge on any atom is -0.383 e. The molecule has 1 aliphatic carbocycles. The van der Waals surface area contributed by atoms with E-state index in [4.69, 9.17) is 4.74 Å². The van der Waals surface area contributed by atoms with Crippen LogP contribution >= 0.6 is 0 Å². The molecule has 1 rings (SSSR count). The number of methoxy groups -OCH3 is 1. The van der Waals surface area contributed by atoms with Crippen LogP contribution in [0.1, 0.15) is 26.2 Å². The molecular formula is C11H24N2O. The van der Waals surface area contributed by atoms with Crippen LogP contribution in [0.15, 0.2) is 0 Å². The highest BCUT2D eigenvalue weighted by Crippen LogP contribution is 2.26. The smallest absolute Gasteiger partial charge is 0.0589 e. The molecule has 0 radical (unpaired) electrons. The molecule has 3 heteroatoms. The van der Waals surface area contributed by atoms with Crippen LogP contribution in [0.5, 0.6) is 0 Å². The highest BCUT2D eigenvalue weighted by molar-refractivity contribution is 4.84. The zero-order valence-corrected chi connectivity index (χ0v) is 9.75. The van der Waals surface area contributed by atoms with Crippen LogP contribution in [-0.2, 0) is 4.74 Å². The number of rotatable bonds is 8. The summed E-state index contributed by atoms with van der Waals surface area (Å²) in [5.74, 6) is 0. The van der Waals surface area contributed by atoms with Crippen molar-refractivity contribution >= 4 is 0 Å². The molecule has 0 saturated heterocycles. The second kappa shape index (κ2) is 6.38. The molecule has 84 valence electrons. The molecule has 0 spiro atoms. The van der Waals surface area contributed by atoms with Crippen LogP contribution in [0, 0.1) is 0 Å². The van der Waals surface area contributed by atoms with Gasteiger partial charge in [-0.1, -0.05) is 0 Å². The third-order valence-corrected chi connectivity index (χ3v) is 2.99. The van der Waals surface area contributed by atoms with E-state index in [1.165, 1.54) is 25.8 Å². The molecular weight excluding hydrogens is 176 g/mol. The zero-order valence-electron chi connectivity index (χ0n) is 9.75. The normalized spacial score (nSPS) is 18.9. The summed E-state index contributed by atoms with van der Waals surface area (Å²) in [6.45, 7) is 5.40. The van der Waals surface area contributed by atoms with Crippen molar-refractivity contribution in [1.29, 1.82) is 0 Å². The predicted molar refractivity (Wildman–Crippen MR) is 59.6 cm³/mol. The summed E-state index contributed by atoms with van der Waals surface area (Å²) in [6.07, 6.45) is 4.01. The number of nitrogens with one attached hydrogen (secondary N) is 1. The Kier molecular flexibility index (Phi) is 5.45. The molecule has 1 aliphatic rings. The third-order valence-electron chi connectivity index (χ3n) is 2.99. The first-order chi connectivity index (χ1) is 6.77. The van der Waals surface area contributed by atoms with Gasteiger partial charge in [0.15, 0.2) is 0 Å². The molecule has 0 heterocycles. The summed E-state index contributed by atoms with van der Waals surface area (Å²) >= 11 is 0. The highest BCUT2D eigenvalue weighted by atomic mass is 16.5. The van der Waals surface area contributed by atoms with Gasteiger partial charge in [0.1, 0.15) is 0 Å². The topological polar surface area (TPSA) is 24.5 Å². The van der Waals surface area contributed by atoms with Gasteiger partial charge >= 0.3 is 0 Å². The van der Waals surface area contributed by atoms with Crippen LogP contribution in [-0.4, -0.2) is 50.8 Å². The van der Waals surface area contributed by atoms with Crippen molar-refractivity contribution in [2.45, 2.75) is 38.3 Å². The molecule has 1 atom stereocenters. The largest absolute Gasteiger partial charge is 0.383 e. The van der Waals surface area contributed by atoms with Crippen LogP contribution < -0.4 is 5.32 Å². The van der Waals surface area contributed by atoms with Crippen molar-refractivity contribution < 1.29 is 4.74 Å². The molecule has 3 nitrogen and oxygen atoms in total. The van der Waals surface area contributed by atoms with E-state index in [1.807, 2.05) is 7.05 Å². The van der Waals surface area contributed by atoms with Crippen molar-refractivity contribution in [2.75, 3.05) is 33.9 Å². The monoisotopic (exact) mass is 200 g/mol. The summed E-state index contributed by atoms with van der Waals surface area (Å²) < 4.78 is 5.13. The molecule has 0 aromatic rings. The van der Waals surface area contributed by atoms with Crippen LogP contribution in [0.3, 0.4) is 0 Å². The molecule has 0 bridgehead atoms.